The number of rotatable bonds is 4. The minimum absolute atomic E-state index is 0. The highest BCUT2D eigenvalue weighted by molar-refractivity contribution is 14.0. The van der Waals surface area contributed by atoms with Crippen molar-refractivity contribution in [3.63, 3.8) is 0 Å². The Morgan fingerprint density at radius 3 is 2.80 bits per heavy atom. The quantitative estimate of drug-likeness (QED) is 0.316. The first-order valence-electron chi connectivity index (χ1n) is 7.34. The van der Waals surface area contributed by atoms with Gasteiger partial charge in [0.25, 0.3) is 0 Å². The van der Waals surface area contributed by atoms with Gasteiger partial charge in [-0.15, -0.1) is 34.2 Å². The second-order valence-corrected chi connectivity index (χ2v) is 5.91. The van der Waals surface area contributed by atoms with Crippen LogP contribution < -0.4 is 10.6 Å². The van der Waals surface area contributed by atoms with Crippen molar-refractivity contribution in [3.05, 3.63) is 64.3 Å². The van der Waals surface area contributed by atoms with E-state index in [1.165, 1.54) is 12.1 Å². The van der Waals surface area contributed by atoms with Crippen molar-refractivity contribution in [2.75, 3.05) is 7.05 Å². The number of nitrogens with one attached hydrogen (secondary N) is 2. The monoisotopic (exact) mass is 518 g/mol. The zero-order valence-corrected chi connectivity index (χ0v) is 17.3. The molecular formula is C16H17BrFIN6. The summed E-state index contributed by atoms with van der Waals surface area (Å²) in [4.78, 5) is 4.16. The van der Waals surface area contributed by atoms with Crippen LogP contribution in [0.4, 0.5) is 4.39 Å². The van der Waals surface area contributed by atoms with Gasteiger partial charge in [-0.1, -0.05) is 22.0 Å². The van der Waals surface area contributed by atoms with Crippen LogP contribution in [0.25, 0.3) is 5.65 Å². The van der Waals surface area contributed by atoms with Gasteiger partial charge >= 0.3 is 0 Å². The van der Waals surface area contributed by atoms with Crippen LogP contribution in [0.15, 0.2) is 52.1 Å². The Bertz CT molecular complexity index is 882. The maximum atomic E-state index is 13.3. The van der Waals surface area contributed by atoms with Crippen LogP contribution in [0.5, 0.6) is 0 Å². The zero-order valence-electron chi connectivity index (χ0n) is 13.4. The van der Waals surface area contributed by atoms with Crippen molar-refractivity contribution < 1.29 is 4.39 Å². The molecule has 1 aromatic carbocycles. The summed E-state index contributed by atoms with van der Waals surface area (Å²) in [7, 11) is 1.68. The first kappa shape index (κ1) is 19.6. The number of guanidine groups is 1. The number of hydrogen-bond acceptors (Lipinski definition) is 3. The molecule has 0 saturated carbocycles. The lowest BCUT2D eigenvalue weighted by molar-refractivity contribution is 0.624. The third-order valence-electron chi connectivity index (χ3n) is 3.48. The Labute approximate surface area is 170 Å². The molecule has 0 unspecified atom stereocenters. The Morgan fingerprint density at radius 1 is 1.20 bits per heavy atom. The Kier molecular flexibility index (Phi) is 7.12. The van der Waals surface area contributed by atoms with Crippen molar-refractivity contribution in [2.24, 2.45) is 4.99 Å². The number of fused-ring (bicyclic) bond motifs is 1. The van der Waals surface area contributed by atoms with Gasteiger partial charge in [-0.05, 0) is 35.9 Å². The summed E-state index contributed by atoms with van der Waals surface area (Å²) >= 11 is 3.41. The molecule has 3 aromatic rings. The maximum Gasteiger partial charge on any atom is 0.191 e. The number of nitrogens with zero attached hydrogens (tertiary/aromatic N) is 4. The minimum Gasteiger partial charge on any atom is -0.352 e. The van der Waals surface area contributed by atoms with Gasteiger partial charge in [-0.25, -0.2) is 4.39 Å². The molecule has 3 rings (SSSR count). The van der Waals surface area contributed by atoms with Gasteiger partial charge < -0.3 is 10.6 Å². The molecular weight excluding hydrogens is 502 g/mol. The molecule has 132 valence electrons. The summed E-state index contributed by atoms with van der Waals surface area (Å²) in [5, 5.41) is 14.6. The van der Waals surface area contributed by atoms with E-state index in [1.54, 1.807) is 13.1 Å². The smallest absolute Gasteiger partial charge is 0.191 e. The molecule has 0 bridgehead atoms. The van der Waals surface area contributed by atoms with E-state index in [0.29, 0.717) is 19.0 Å². The van der Waals surface area contributed by atoms with Gasteiger partial charge in [0.2, 0.25) is 0 Å². The number of aliphatic imine (C=N–C) groups is 1. The van der Waals surface area contributed by atoms with Gasteiger partial charge in [0.1, 0.15) is 5.82 Å². The first-order chi connectivity index (χ1) is 11.7. The topological polar surface area (TPSA) is 66.6 Å². The summed E-state index contributed by atoms with van der Waals surface area (Å²) in [5.74, 6) is 1.10. The lowest BCUT2D eigenvalue weighted by atomic mass is 10.2. The maximum absolute atomic E-state index is 13.3. The van der Waals surface area contributed by atoms with Gasteiger partial charge in [0.05, 0.1) is 6.54 Å². The third-order valence-corrected chi connectivity index (χ3v) is 4.25. The Morgan fingerprint density at radius 2 is 2.00 bits per heavy atom. The van der Waals surface area contributed by atoms with Gasteiger partial charge in [0.15, 0.2) is 17.4 Å². The van der Waals surface area contributed by atoms with E-state index in [9.17, 15) is 4.39 Å². The van der Waals surface area contributed by atoms with E-state index >= 15 is 0 Å². The average molecular weight is 519 g/mol. The predicted molar refractivity (Wildman–Crippen MR) is 110 cm³/mol. The number of aromatic nitrogens is 3. The van der Waals surface area contributed by atoms with E-state index in [-0.39, 0.29) is 29.8 Å². The summed E-state index contributed by atoms with van der Waals surface area (Å²) in [6.07, 6.45) is 1.91. The summed E-state index contributed by atoms with van der Waals surface area (Å²) in [6, 6.07) is 10.3. The summed E-state index contributed by atoms with van der Waals surface area (Å²) in [5.41, 5.74) is 1.60. The van der Waals surface area contributed by atoms with E-state index in [4.69, 9.17) is 0 Å². The van der Waals surface area contributed by atoms with Crippen molar-refractivity contribution in [2.45, 2.75) is 13.1 Å². The highest BCUT2D eigenvalue weighted by Gasteiger charge is 2.07. The van der Waals surface area contributed by atoms with Crippen molar-refractivity contribution >= 4 is 51.5 Å². The van der Waals surface area contributed by atoms with Gasteiger partial charge in [-0.3, -0.25) is 9.39 Å². The lowest BCUT2D eigenvalue weighted by Crippen LogP contribution is -2.36. The molecule has 6 nitrogen and oxygen atoms in total. The van der Waals surface area contributed by atoms with Crippen LogP contribution in [0.2, 0.25) is 0 Å². The molecule has 0 fully saturated rings. The molecule has 0 aliphatic heterocycles. The standard InChI is InChI=1S/C16H16BrFN6.HI/c1-19-16(20-9-11-8-12(18)5-6-13(11)17)21-10-15-23-22-14-4-2-3-7-24(14)15;/h2-8H,9-10H2,1H3,(H2,19,20,21);1H. The molecule has 0 spiro atoms. The first-order valence-corrected chi connectivity index (χ1v) is 8.14. The highest BCUT2D eigenvalue weighted by atomic mass is 127. The van der Waals surface area contributed by atoms with Crippen LogP contribution in [0.3, 0.4) is 0 Å². The molecule has 25 heavy (non-hydrogen) atoms. The fraction of sp³-hybridized carbons (Fsp3) is 0.188. The van der Waals surface area contributed by atoms with Crippen LogP contribution in [0.1, 0.15) is 11.4 Å². The number of hydrogen-bond donors (Lipinski definition) is 2. The molecule has 0 amide bonds. The predicted octanol–water partition coefficient (Wildman–Crippen LogP) is 3.11. The lowest BCUT2D eigenvalue weighted by Gasteiger charge is -2.12. The largest absolute Gasteiger partial charge is 0.352 e. The second-order valence-electron chi connectivity index (χ2n) is 5.06. The molecule has 0 aliphatic rings. The molecule has 2 heterocycles. The van der Waals surface area contributed by atoms with Crippen molar-refractivity contribution in [1.29, 1.82) is 0 Å². The van der Waals surface area contributed by atoms with E-state index < -0.39 is 0 Å². The average Bonchev–Trinajstić information content (AvgIpc) is 3.01. The normalized spacial score (nSPS) is 11.2. The molecule has 0 atom stereocenters. The highest BCUT2D eigenvalue weighted by Crippen LogP contribution is 2.17. The molecule has 2 N–H and O–H groups in total. The van der Waals surface area contributed by atoms with Crippen molar-refractivity contribution in [3.8, 4) is 0 Å². The number of pyridine rings is 1. The SMILES string of the molecule is CN=C(NCc1cc(F)ccc1Br)NCc1nnc2ccccn12.I. The van der Waals surface area contributed by atoms with E-state index in [0.717, 1.165) is 21.5 Å². The van der Waals surface area contributed by atoms with Crippen LogP contribution >= 0.6 is 39.9 Å². The second kappa shape index (κ2) is 9.09. The van der Waals surface area contributed by atoms with Gasteiger partial charge in [0, 0.05) is 24.3 Å². The Balaban J connectivity index is 0.00000225. The van der Waals surface area contributed by atoms with Crippen LogP contribution in [0, 0.1) is 5.82 Å². The van der Waals surface area contributed by atoms with Crippen LogP contribution in [-0.4, -0.2) is 27.6 Å². The number of halogens is 3. The van der Waals surface area contributed by atoms with Crippen molar-refractivity contribution in [1.82, 2.24) is 25.2 Å². The van der Waals surface area contributed by atoms with E-state index in [1.807, 2.05) is 28.8 Å². The number of benzene rings is 1. The fourth-order valence-electron chi connectivity index (χ4n) is 2.25. The molecule has 2 aromatic heterocycles. The summed E-state index contributed by atoms with van der Waals surface area (Å²) < 4.78 is 16.1. The van der Waals surface area contributed by atoms with Gasteiger partial charge in [-0.2, -0.15) is 0 Å². The van der Waals surface area contributed by atoms with Crippen LogP contribution in [-0.2, 0) is 13.1 Å². The minimum atomic E-state index is -0.270. The fourth-order valence-corrected chi connectivity index (χ4v) is 2.64. The zero-order chi connectivity index (χ0) is 16.9. The van der Waals surface area contributed by atoms with E-state index in [2.05, 4.69) is 41.8 Å². The molecule has 0 aliphatic carbocycles. The summed E-state index contributed by atoms with van der Waals surface area (Å²) in [6.45, 7) is 0.910. The molecule has 9 heteroatoms. The Hall–Kier alpha value is -1.75. The third kappa shape index (κ3) is 4.88. The molecule has 0 radical (unpaired) electrons. The molecule has 0 saturated heterocycles.